The molecule has 138 valence electrons. The van der Waals surface area contributed by atoms with Crippen molar-refractivity contribution in [2.45, 2.75) is 24.0 Å². The summed E-state index contributed by atoms with van der Waals surface area (Å²) in [6.07, 6.45) is 3.78. The average Bonchev–Trinajstić information content (AvgIpc) is 3.08. The number of hydrogen-bond acceptors (Lipinski definition) is 4. The number of aryl methyl sites for hydroxylation is 1. The lowest BCUT2D eigenvalue weighted by atomic mass is 9.94. The van der Waals surface area contributed by atoms with Crippen molar-refractivity contribution >= 4 is 36.4 Å². The molecule has 5 nitrogen and oxygen atoms in total. The first-order chi connectivity index (χ1) is 12.9. The van der Waals surface area contributed by atoms with Gasteiger partial charge in [-0.2, -0.15) is 0 Å². The van der Waals surface area contributed by atoms with E-state index in [-0.39, 0.29) is 4.90 Å². The summed E-state index contributed by atoms with van der Waals surface area (Å²) in [5.74, 6) is -0.473. The van der Waals surface area contributed by atoms with E-state index in [1.54, 1.807) is 36.5 Å². The van der Waals surface area contributed by atoms with Gasteiger partial charge in [0, 0.05) is 16.8 Å². The molecule has 0 radical (unpaired) electrons. The van der Waals surface area contributed by atoms with Gasteiger partial charge < -0.3 is 4.74 Å². The van der Waals surface area contributed by atoms with Crippen LogP contribution < -0.4 is 0 Å². The van der Waals surface area contributed by atoms with E-state index in [2.05, 4.69) is 15.9 Å². The Bertz CT molecular complexity index is 1070. The summed E-state index contributed by atoms with van der Waals surface area (Å²) in [7, 11) is -3.86. The third kappa shape index (κ3) is 3.11. The molecule has 2 aliphatic rings. The standard InChI is InChI=1S/C20H16BrNO4S/c1-13-6-8-14(9-7-13)27(24,25)22-12-17(21)15-4-2-3-5-16(15)20(22)18-10-11-19(23)26-18/h2-12,18,20H,1H3/t18-,20-/m1/s1. The van der Waals surface area contributed by atoms with E-state index in [4.69, 9.17) is 4.74 Å². The van der Waals surface area contributed by atoms with Crippen molar-refractivity contribution in [2.24, 2.45) is 0 Å². The van der Waals surface area contributed by atoms with Crippen molar-refractivity contribution in [2.75, 3.05) is 0 Å². The van der Waals surface area contributed by atoms with Crippen LogP contribution in [0.2, 0.25) is 0 Å². The first kappa shape index (κ1) is 18.0. The summed E-state index contributed by atoms with van der Waals surface area (Å²) in [6, 6.07) is 13.5. The van der Waals surface area contributed by atoms with Crippen LogP contribution in [-0.2, 0) is 19.6 Å². The Morgan fingerprint density at radius 3 is 2.44 bits per heavy atom. The van der Waals surface area contributed by atoms with Gasteiger partial charge in [0.05, 0.1) is 4.90 Å². The molecular weight excluding hydrogens is 430 g/mol. The van der Waals surface area contributed by atoms with Crippen molar-refractivity contribution in [3.63, 3.8) is 0 Å². The van der Waals surface area contributed by atoms with Crippen LogP contribution >= 0.6 is 15.9 Å². The Morgan fingerprint density at radius 2 is 1.78 bits per heavy atom. The fourth-order valence-electron chi connectivity index (χ4n) is 3.30. The smallest absolute Gasteiger partial charge is 0.331 e. The van der Waals surface area contributed by atoms with Crippen LogP contribution in [0.1, 0.15) is 22.7 Å². The predicted molar refractivity (Wildman–Crippen MR) is 105 cm³/mol. The predicted octanol–water partition coefficient (Wildman–Crippen LogP) is 3.92. The fourth-order valence-corrected chi connectivity index (χ4v) is 5.52. The van der Waals surface area contributed by atoms with Crippen LogP contribution in [0.15, 0.2) is 71.8 Å². The summed E-state index contributed by atoms with van der Waals surface area (Å²) in [5.41, 5.74) is 2.61. The molecule has 0 saturated carbocycles. The lowest BCUT2D eigenvalue weighted by Gasteiger charge is -2.37. The molecule has 2 atom stereocenters. The van der Waals surface area contributed by atoms with Gasteiger partial charge in [0.15, 0.2) is 0 Å². The molecule has 2 aromatic carbocycles. The van der Waals surface area contributed by atoms with Crippen molar-refractivity contribution in [1.82, 2.24) is 4.31 Å². The van der Waals surface area contributed by atoms with Crippen LogP contribution in [0.4, 0.5) is 0 Å². The normalized spacial score (nSPS) is 21.6. The van der Waals surface area contributed by atoms with Gasteiger partial charge in [-0.15, -0.1) is 0 Å². The van der Waals surface area contributed by atoms with Crippen molar-refractivity contribution in [3.05, 3.63) is 83.6 Å². The highest BCUT2D eigenvalue weighted by Crippen LogP contribution is 2.43. The zero-order valence-corrected chi connectivity index (χ0v) is 16.8. The second-order valence-electron chi connectivity index (χ2n) is 6.42. The minimum atomic E-state index is -3.86. The van der Waals surface area contributed by atoms with Crippen molar-refractivity contribution in [1.29, 1.82) is 0 Å². The number of benzene rings is 2. The van der Waals surface area contributed by atoms with Crippen LogP contribution in [0.25, 0.3) is 4.48 Å². The fraction of sp³-hybridized carbons (Fsp3) is 0.150. The second kappa shape index (κ2) is 6.65. The highest BCUT2D eigenvalue weighted by molar-refractivity contribution is 9.15. The van der Waals surface area contributed by atoms with Gasteiger partial charge in [-0.25, -0.2) is 13.2 Å². The van der Waals surface area contributed by atoms with E-state index in [1.807, 2.05) is 31.2 Å². The molecule has 27 heavy (non-hydrogen) atoms. The van der Waals surface area contributed by atoms with Crippen molar-refractivity contribution in [3.8, 4) is 0 Å². The maximum absolute atomic E-state index is 13.4. The molecule has 2 aliphatic heterocycles. The van der Waals surface area contributed by atoms with E-state index < -0.39 is 28.1 Å². The molecule has 0 amide bonds. The summed E-state index contributed by atoms with van der Waals surface area (Å²) in [5, 5.41) is 0. The highest BCUT2D eigenvalue weighted by Gasteiger charge is 2.41. The maximum Gasteiger partial charge on any atom is 0.331 e. The van der Waals surface area contributed by atoms with Gasteiger partial charge in [0.25, 0.3) is 10.0 Å². The number of esters is 1. The lowest BCUT2D eigenvalue weighted by Crippen LogP contribution is -2.39. The molecule has 2 aromatic rings. The largest absolute Gasteiger partial charge is 0.452 e. The second-order valence-corrected chi connectivity index (χ2v) is 9.12. The zero-order chi connectivity index (χ0) is 19.2. The maximum atomic E-state index is 13.4. The number of sulfonamides is 1. The quantitative estimate of drug-likeness (QED) is 0.671. The van der Waals surface area contributed by atoms with Gasteiger partial charge in [0.1, 0.15) is 12.1 Å². The number of carbonyl (C=O) groups is 1. The third-order valence-electron chi connectivity index (χ3n) is 4.63. The molecule has 0 unspecified atom stereocenters. The van der Waals surface area contributed by atoms with Gasteiger partial charge in [-0.3, -0.25) is 4.31 Å². The Morgan fingerprint density at radius 1 is 1.07 bits per heavy atom. The Hall–Kier alpha value is -2.38. The Kier molecular flexibility index (Phi) is 4.44. The van der Waals surface area contributed by atoms with Gasteiger partial charge >= 0.3 is 5.97 Å². The van der Waals surface area contributed by atoms with E-state index in [9.17, 15) is 13.2 Å². The zero-order valence-electron chi connectivity index (χ0n) is 14.4. The van der Waals surface area contributed by atoms with Gasteiger partial charge in [0.2, 0.25) is 0 Å². The molecule has 0 spiro atoms. The number of fused-ring (bicyclic) bond motifs is 1. The topological polar surface area (TPSA) is 63.7 Å². The molecule has 0 saturated heterocycles. The van der Waals surface area contributed by atoms with E-state index in [1.165, 1.54) is 10.4 Å². The summed E-state index contributed by atoms with van der Waals surface area (Å²) in [6.45, 7) is 1.90. The summed E-state index contributed by atoms with van der Waals surface area (Å²) < 4.78 is 34.1. The molecule has 4 rings (SSSR count). The van der Waals surface area contributed by atoms with E-state index in [0.29, 0.717) is 4.48 Å². The molecule has 0 aliphatic carbocycles. The van der Waals surface area contributed by atoms with Gasteiger partial charge in [-0.05, 0) is 52.2 Å². The number of nitrogens with zero attached hydrogens (tertiary/aromatic N) is 1. The first-order valence-corrected chi connectivity index (χ1v) is 10.6. The monoisotopic (exact) mass is 445 g/mol. The van der Waals surface area contributed by atoms with E-state index in [0.717, 1.165) is 16.7 Å². The molecule has 2 heterocycles. The number of carbonyl (C=O) groups excluding carboxylic acids is 1. The number of cyclic esters (lactones) is 1. The Labute approximate surface area is 166 Å². The molecule has 7 heteroatoms. The number of rotatable bonds is 3. The average molecular weight is 446 g/mol. The molecular formula is C20H16BrNO4S. The lowest BCUT2D eigenvalue weighted by molar-refractivity contribution is -0.140. The number of ether oxygens (including phenoxy) is 1. The summed E-state index contributed by atoms with van der Waals surface area (Å²) >= 11 is 3.48. The van der Waals surface area contributed by atoms with Crippen LogP contribution in [0, 0.1) is 6.92 Å². The molecule has 0 fully saturated rings. The highest BCUT2D eigenvalue weighted by atomic mass is 79.9. The summed E-state index contributed by atoms with van der Waals surface area (Å²) in [4.78, 5) is 11.8. The first-order valence-electron chi connectivity index (χ1n) is 8.33. The van der Waals surface area contributed by atoms with Crippen molar-refractivity contribution < 1.29 is 17.9 Å². The molecule has 0 N–H and O–H groups in total. The molecule has 0 aromatic heterocycles. The van der Waals surface area contributed by atoms with Crippen LogP contribution in [0.5, 0.6) is 0 Å². The molecule has 0 bridgehead atoms. The SMILES string of the molecule is Cc1ccc(S(=O)(=O)N2C=C(Br)c3ccccc3[C@@H]2[C@H]2C=CC(=O)O2)cc1. The van der Waals surface area contributed by atoms with Gasteiger partial charge in [-0.1, -0.05) is 42.0 Å². The van der Waals surface area contributed by atoms with Crippen LogP contribution in [-0.4, -0.2) is 24.8 Å². The Balaban J connectivity index is 1.87. The minimum absolute atomic E-state index is 0.183. The third-order valence-corrected chi connectivity index (χ3v) is 7.02. The van der Waals surface area contributed by atoms with Crippen LogP contribution in [0.3, 0.4) is 0 Å². The minimum Gasteiger partial charge on any atom is -0.452 e. The van der Waals surface area contributed by atoms with E-state index >= 15 is 0 Å². The number of hydrogen-bond donors (Lipinski definition) is 0. The number of halogens is 1.